The first kappa shape index (κ1) is 13.5. The summed E-state index contributed by atoms with van der Waals surface area (Å²) < 4.78 is 14.7. The standard InChI is InChI=1S/C16H10ClFN2O/c17-15-8-12(18)6-7-14(15)16-11(10-21)9-20(19-16)13-4-2-1-3-5-13/h1-10H. The highest BCUT2D eigenvalue weighted by Crippen LogP contribution is 2.30. The maximum absolute atomic E-state index is 13.1. The van der Waals surface area contributed by atoms with E-state index >= 15 is 0 Å². The number of hydrogen-bond acceptors (Lipinski definition) is 2. The van der Waals surface area contributed by atoms with Crippen molar-refractivity contribution >= 4 is 17.9 Å². The van der Waals surface area contributed by atoms with Crippen LogP contribution in [-0.4, -0.2) is 16.1 Å². The van der Waals surface area contributed by atoms with Gasteiger partial charge in [0.05, 0.1) is 16.3 Å². The van der Waals surface area contributed by atoms with Crippen LogP contribution in [0.3, 0.4) is 0 Å². The molecule has 0 radical (unpaired) electrons. The van der Waals surface area contributed by atoms with Crippen LogP contribution in [-0.2, 0) is 0 Å². The summed E-state index contributed by atoms with van der Waals surface area (Å²) in [5.74, 6) is -0.432. The van der Waals surface area contributed by atoms with Crippen LogP contribution in [0.15, 0.2) is 54.7 Å². The lowest BCUT2D eigenvalue weighted by Crippen LogP contribution is -1.94. The van der Waals surface area contributed by atoms with Gasteiger partial charge in [0.2, 0.25) is 0 Å². The second-order valence-electron chi connectivity index (χ2n) is 4.46. The van der Waals surface area contributed by atoms with Gasteiger partial charge in [-0.3, -0.25) is 4.79 Å². The summed E-state index contributed by atoms with van der Waals surface area (Å²) in [6.07, 6.45) is 2.33. The van der Waals surface area contributed by atoms with E-state index in [0.717, 1.165) is 5.69 Å². The number of halogens is 2. The summed E-state index contributed by atoms with van der Waals surface area (Å²) in [6, 6.07) is 13.4. The SMILES string of the molecule is O=Cc1cn(-c2ccccc2)nc1-c1ccc(F)cc1Cl. The molecule has 0 aliphatic heterocycles. The summed E-state index contributed by atoms with van der Waals surface area (Å²) in [5, 5.41) is 4.61. The van der Waals surface area contributed by atoms with E-state index in [-0.39, 0.29) is 5.02 Å². The van der Waals surface area contributed by atoms with Crippen LogP contribution in [0, 0.1) is 5.82 Å². The van der Waals surface area contributed by atoms with Crippen molar-refractivity contribution in [1.82, 2.24) is 9.78 Å². The zero-order valence-corrected chi connectivity index (χ0v) is 11.6. The van der Waals surface area contributed by atoms with Gasteiger partial charge in [-0.1, -0.05) is 29.8 Å². The molecule has 3 nitrogen and oxygen atoms in total. The number of nitrogens with zero attached hydrogens (tertiary/aromatic N) is 2. The van der Waals surface area contributed by atoms with E-state index in [4.69, 9.17) is 11.6 Å². The van der Waals surface area contributed by atoms with Crippen LogP contribution in [0.4, 0.5) is 4.39 Å². The van der Waals surface area contributed by atoms with Gasteiger partial charge in [0.25, 0.3) is 0 Å². The lowest BCUT2D eigenvalue weighted by atomic mass is 10.1. The predicted octanol–water partition coefficient (Wildman–Crippen LogP) is 4.14. The first-order valence-corrected chi connectivity index (χ1v) is 6.62. The van der Waals surface area contributed by atoms with Crippen LogP contribution < -0.4 is 0 Å². The van der Waals surface area contributed by atoms with E-state index in [9.17, 15) is 9.18 Å². The number of para-hydroxylation sites is 1. The number of carbonyl (C=O) groups excluding carboxylic acids is 1. The van der Waals surface area contributed by atoms with Gasteiger partial charge < -0.3 is 0 Å². The second-order valence-corrected chi connectivity index (χ2v) is 4.86. The summed E-state index contributed by atoms with van der Waals surface area (Å²) in [5.41, 5.74) is 2.17. The number of rotatable bonds is 3. The minimum absolute atomic E-state index is 0.219. The molecule has 3 rings (SSSR count). The first-order chi connectivity index (χ1) is 10.2. The fraction of sp³-hybridized carbons (Fsp3) is 0. The number of aldehydes is 1. The highest BCUT2D eigenvalue weighted by molar-refractivity contribution is 6.33. The van der Waals surface area contributed by atoms with Gasteiger partial charge in [0.15, 0.2) is 6.29 Å². The highest BCUT2D eigenvalue weighted by Gasteiger charge is 2.14. The molecule has 0 saturated heterocycles. The van der Waals surface area contributed by atoms with Gasteiger partial charge in [0.1, 0.15) is 11.5 Å². The maximum atomic E-state index is 13.1. The van der Waals surface area contributed by atoms with Crippen molar-refractivity contribution in [2.45, 2.75) is 0 Å². The molecule has 0 N–H and O–H groups in total. The smallest absolute Gasteiger partial charge is 0.153 e. The molecule has 21 heavy (non-hydrogen) atoms. The molecule has 2 aromatic carbocycles. The Labute approximate surface area is 125 Å². The van der Waals surface area contributed by atoms with Crippen LogP contribution in [0.5, 0.6) is 0 Å². The van der Waals surface area contributed by atoms with E-state index in [1.165, 1.54) is 18.2 Å². The fourth-order valence-corrected chi connectivity index (χ4v) is 2.33. The molecule has 0 fully saturated rings. The van der Waals surface area contributed by atoms with Crippen molar-refractivity contribution < 1.29 is 9.18 Å². The third kappa shape index (κ3) is 2.58. The van der Waals surface area contributed by atoms with Crippen LogP contribution in [0.1, 0.15) is 10.4 Å². The van der Waals surface area contributed by atoms with E-state index < -0.39 is 5.82 Å². The molecule has 0 amide bonds. The minimum atomic E-state index is -0.432. The molecule has 5 heteroatoms. The Balaban J connectivity index is 2.15. The zero-order valence-electron chi connectivity index (χ0n) is 10.8. The number of carbonyl (C=O) groups is 1. The third-order valence-corrected chi connectivity index (χ3v) is 3.39. The molecule has 1 aromatic heterocycles. The van der Waals surface area contributed by atoms with Crippen LogP contribution >= 0.6 is 11.6 Å². The number of hydrogen-bond donors (Lipinski definition) is 0. The molecule has 104 valence electrons. The Morgan fingerprint density at radius 1 is 1.14 bits per heavy atom. The van der Waals surface area contributed by atoms with Crippen molar-refractivity contribution in [2.75, 3.05) is 0 Å². The molecule has 0 spiro atoms. The van der Waals surface area contributed by atoms with Crippen molar-refractivity contribution in [3.63, 3.8) is 0 Å². The van der Waals surface area contributed by atoms with Crippen LogP contribution in [0.2, 0.25) is 5.02 Å². The molecule has 1 heterocycles. The lowest BCUT2D eigenvalue weighted by molar-refractivity contribution is 0.112. The normalized spacial score (nSPS) is 10.6. The van der Waals surface area contributed by atoms with E-state index in [1.54, 1.807) is 10.9 Å². The van der Waals surface area contributed by atoms with Crippen molar-refractivity contribution in [1.29, 1.82) is 0 Å². The van der Waals surface area contributed by atoms with E-state index in [0.29, 0.717) is 23.1 Å². The van der Waals surface area contributed by atoms with Crippen LogP contribution in [0.25, 0.3) is 16.9 Å². The summed E-state index contributed by atoms with van der Waals surface area (Å²) in [4.78, 5) is 11.3. The molecule has 0 aliphatic carbocycles. The summed E-state index contributed by atoms with van der Waals surface area (Å²) in [6.45, 7) is 0. The molecular weight excluding hydrogens is 291 g/mol. The molecule has 0 unspecified atom stereocenters. The Kier molecular flexibility index (Phi) is 3.54. The average Bonchev–Trinajstić information content (AvgIpc) is 2.92. The van der Waals surface area contributed by atoms with Crippen molar-refractivity contribution in [3.8, 4) is 16.9 Å². The highest BCUT2D eigenvalue weighted by atomic mass is 35.5. The Bertz CT molecular complexity index is 799. The molecule has 0 bridgehead atoms. The Morgan fingerprint density at radius 3 is 2.57 bits per heavy atom. The largest absolute Gasteiger partial charge is 0.298 e. The topological polar surface area (TPSA) is 34.9 Å². The predicted molar refractivity (Wildman–Crippen MR) is 79.4 cm³/mol. The molecule has 0 aliphatic rings. The average molecular weight is 301 g/mol. The quantitative estimate of drug-likeness (QED) is 0.681. The van der Waals surface area contributed by atoms with E-state index in [1.807, 2.05) is 30.3 Å². The van der Waals surface area contributed by atoms with Gasteiger partial charge in [-0.05, 0) is 30.3 Å². The number of benzene rings is 2. The summed E-state index contributed by atoms with van der Waals surface area (Å²) >= 11 is 6.04. The monoisotopic (exact) mass is 300 g/mol. The Morgan fingerprint density at radius 2 is 1.90 bits per heavy atom. The Hall–Kier alpha value is -2.46. The van der Waals surface area contributed by atoms with Crippen molar-refractivity contribution in [2.24, 2.45) is 0 Å². The number of aromatic nitrogens is 2. The van der Waals surface area contributed by atoms with Gasteiger partial charge >= 0.3 is 0 Å². The molecule has 0 saturated carbocycles. The first-order valence-electron chi connectivity index (χ1n) is 6.25. The van der Waals surface area contributed by atoms with Gasteiger partial charge in [-0.25, -0.2) is 9.07 Å². The summed E-state index contributed by atoms with van der Waals surface area (Å²) in [7, 11) is 0. The van der Waals surface area contributed by atoms with Gasteiger partial charge in [-0.15, -0.1) is 0 Å². The molecule has 0 atom stereocenters. The molecular formula is C16H10ClFN2O. The zero-order chi connectivity index (χ0) is 14.8. The second kappa shape index (κ2) is 5.50. The molecule has 3 aromatic rings. The fourth-order valence-electron chi connectivity index (χ4n) is 2.08. The van der Waals surface area contributed by atoms with Gasteiger partial charge in [-0.2, -0.15) is 5.10 Å². The van der Waals surface area contributed by atoms with Crippen molar-refractivity contribution in [3.05, 3.63) is 71.1 Å². The minimum Gasteiger partial charge on any atom is -0.298 e. The van der Waals surface area contributed by atoms with Gasteiger partial charge in [0, 0.05) is 11.8 Å². The third-order valence-electron chi connectivity index (χ3n) is 3.08. The lowest BCUT2D eigenvalue weighted by Gasteiger charge is -2.02. The maximum Gasteiger partial charge on any atom is 0.153 e. The van der Waals surface area contributed by atoms with E-state index in [2.05, 4.69) is 5.10 Å².